The van der Waals surface area contributed by atoms with E-state index in [2.05, 4.69) is 4.72 Å². The molecule has 1 amide bonds. The summed E-state index contributed by atoms with van der Waals surface area (Å²) in [6.07, 6.45) is 9.79. The van der Waals surface area contributed by atoms with Crippen molar-refractivity contribution in [3.63, 3.8) is 0 Å². The first-order valence-corrected chi connectivity index (χ1v) is 10.9. The molecule has 27 heavy (non-hydrogen) atoms. The summed E-state index contributed by atoms with van der Waals surface area (Å²) in [6.45, 7) is 0. The van der Waals surface area contributed by atoms with Crippen LogP contribution in [-0.4, -0.2) is 27.9 Å². The Labute approximate surface area is 166 Å². The molecule has 1 aromatic rings. The van der Waals surface area contributed by atoms with Gasteiger partial charge in [0.1, 0.15) is 11.9 Å². The number of amides is 1. The lowest BCUT2D eigenvalue weighted by Crippen LogP contribution is -2.42. The minimum absolute atomic E-state index is 0.0612. The van der Waals surface area contributed by atoms with E-state index >= 15 is 0 Å². The van der Waals surface area contributed by atoms with Crippen LogP contribution in [0.3, 0.4) is 0 Å². The zero-order chi connectivity index (χ0) is 18.9. The van der Waals surface area contributed by atoms with Crippen LogP contribution in [-0.2, 0) is 9.59 Å². The molecule has 1 aromatic carbocycles. The molecule has 1 saturated heterocycles. The molecule has 6 heteroatoms. The summed E-state index contributed by atoms with van der Waals surface area (Å²) in [5.74, 6) is 1.13. The maximum absolute atomic E-state index is 12.8. The van der Waals surface area contributed by atoms with Gasteiger partial charge in [0.05, 0.1) is 17.8 Å². The minimum atomic E-state index is -0.316. The van der Waals surface area contributed by atoms with Crippen LogP contribution in [0.25, 0.3) is 0 Å². The number of aliphatic imine (C=N–C) groups is 1. The lowest BCUT2D eigenvalue weighted by atomic mass is 10.0. The topological polar surface area (TPSA) is 61.8 Å². The summed E-state index contributed by atoms with van der Waals surface area (Å²) in [6, 6.07) is 9.52. The fourth-order valence-corrected chi connectivity index (χ4v) is 4.49. The number of amidine groups is 1. The average molecular weight is 388 g/mol. The molecule has 1 aliphatic carbocycles. The molecule has 1 saturated carbocycles. The highest BCUT2D eigenvalue weighted by Gasteiger charge is 2.31. The monoisotopic (exact) mass is 387 g/mol. The van der Waals surface area contributed by atoms with Crippen LogP contribution < -0.4 is 4.72 Å². The fraction of sp³-hybridized carbons (Fsp3) is 0.571. The molecular formula is C21H29N3O2S. The number of hydrogen-bond acceptors (Lipinski definition) is 4. The molecule has 0 aromatic heterocycles. The third kappa shape index (κ3) is 6.09. The van der Waals surface area contributed by atoms with Crippen LogP contribution >= 0.6 is 12.1 Å². The van der Waals surface area contributed by atoms with E-state index in [9.17, 15) is 9.59 Å². The molecule has 1 N–H and O–H groups in total. The number of para-hydroxylation sites is 1. The number of benzene rings is 1. The van der Waals surface area contributed by atoms with Gasteiger partial charge in [-0.05, 0) is 37.8 Å². The molecule has 1 aliphatic heterocycles. The highest BCUT2D eigenvalue weighted by molar-refractivity contribution is 7.96. The normalized spacial score (nSPS) is 24.8. The number of carbonyl (C=O) groups excluding carboxylic acids is 2. The van der Waals surface area contributed by atoms with E-state index in [4.69, 9.17) is 4.99 Å². The molecule has 5 nitrogen and oxygen atoms in total. The predicted octanol–water partition coefficient (Wildman–Crippen LogP) is 4.95. The Morgan fingerprint density at radius 1 is 0.889 bits per heavy atom. The number of carbonyl (C=O) groups is 2. The van der Waals surface area contributed by atoms with E-state index in [0.29, 0.717) is 12.8 Å². The van der Waals surface area contributed by atoms with Gasteiger partial charge in [-0.1, -0.05) is 43.9 Å². The van der Waals surface area contributed by atoms with Crippen LogP contribution in [0, 0.1) is 0 Å². The lowest BCUT2D eigenvalue weighted by molar-refractivity contribution is -0.134. The number of nitrogens with one attached hydrogen (secondary N) is 1. The second-order valence-electron chi connectivity index (χ2n) is 7.30. The van der Waals surface area contributed by atoms with Crippen LogP contribution in [0.4, 0.5) is 5.69 Å². The summed E-state index contributed by atoms with van der Waals surface area (Å²) in [7, 11) is 0. The minimum Gasteiger partial charge on any atom is -0.300 e. The van der Waals surface area contributed by atoms with E-state index in [-0.39, 0.29) is 17.7 Å². The summed E-state index contributed by atoms with van der Waals surface area (Å²) >= 11 is 1.26. The molecule has 2 fully saturated rings. The molecule has 0 bridgehead atoms. The van der Waals surface area contributed by atoms with Crippen molar-refractivity contribution in [3.8, 4) is 0 Å². The number of nitrogens with zero attached hydrogens (tertiary/aromatic N) is 2. The summed E-state index contributed by atoms with van der Waals surface area (Å²) in [4.78, 5) is 30.2. The first-order chi connectivity index (χ1) is 13.2. The van der Waals surface area contributed by atoms with Gasteiger partial charge in [0.25, 0.3) is 0 Å². The summed E-state index contributed by atoms with van der Waals surface area (Å²) in [5.41, 5.74) is 0.899. The Balaban J connectivity index is 1.75. The van der Waals surface area contributed by atoms with Crippen LogP contribution in [0.5, 0.6) is 0 Å². The van der Waals surface area contributed by atoms with Gasteiger partial charge in [-0.3, -0.25) is 18.6 Å². The van der Waals surface area contributed by atoms with Crippen molar-refractivity contribution in [2.75, 3.05) is 0 Å². The molecule has 1 heterocycles. The van der Waals surface area contributed by atoms with Gasteiger partial charge in [-0.2, -0.15) is 0 Å². The molecule has 1 unspecified atom stereocenters. The van der Waals surface area contributed by atoms with E-state index in [0.717, 1.165) is 62.9 Å². The van der Waals surface area contributed by atoms with Gasteiger partial charge >= 0.3 is 0 Å². The van der Waals surface area contributed by atoms with Crippen molar-refractivity contribution in [2.45, 2.75) is 76.7 Å². The average Bonchev–Trinajstić information content (AvgIpc) is 2.83. The van der Waals surface area contributed by atoms with Crippen molar-refractivity contribution >= 4 is 35.3 Å². The standard InChI is InChI=1S/C21H29N3O2S/c25-19-14-8-3-1-2-7-13-18(19)24-21(26)16-10-9-15-20(23-27-24)22-17-11-5-4-6-12-17/h4-6,11-12,18H,1-3,7-10,13-16H2,(H,22,23). The van der Waals surface area contributed by atoms with Gasteiger partial charge < -0.3 is 0 Å². The van der Waals surface area contributed by atoms with Crippen molar-refractivity contribution in [2.24, 2.45) is 4.99 Å². The fourth-order valence-electron chi connectivity index (χ4n) is 3.60. The molecule has 0 radical (unpaired) electrons. The van der Waals surface area contributed by atoms with Gasteiger partial charge in [-0.15, -0.1) is 0 Å². The molecule has 0 spiro atoms. The summed E-state index contributed by atoms with van der Waals surface area (Å²) < 4.78 is 4.99. The van der Waals surface area contributed by atoms with E-state index in [1.165, 1.54) is 18.6 Å². The number of rotatable bonds is 2. The Morgan fingerprint density at radius 2 is 1.59 bits per heavy atom. The van der Waals surface area contributed by atoms with Gasteiger partial charge in [0.15, 0.2) is 5.78 Å². The highest BCUT2D eigenvalue weighted by atomic mass is 32.2. The quantitative estimate of drug-likeness (QED) is 0.729. The SMILES string of the molecule is O=C1CCCCCCCC1N1SNC(=Nc2ccccc2)CCCCC1=O. The van der Waals surface area contributed by atoms with Crippen LogP contribution in [0.15, 0.2) is 35.3 Å². The van der Waals surface area contributed by atoms with Gasteiger partial charge in [-0.25, -0.2) is 4.99 Å². The number of Topliss-reactive ketones (excluding diaryl/α,β-unsaturated/α-hetero) is 1. The van der Waals surface area contributed by atoms with Crippen molar-refractivity contribution in [3.05, 3.63) is 30.3 Å². The Kier molecular flexibility index (Phi) is 7.75. The van der Waals surface area contributed by atoms with Crippen molar-refractivity contribution < 1.29 is 9.59 Å². The lowest BCUT2D eigenvalue weighted by Gasteiger charge is -2.29. The molecular weight excluding hydrogens is 358 g/mol. The Bertz CT molecular complexity index is 663. The largest absolute Gasteiger partial charge is 0.300 e. The van der Waals surface area contributed by atoms with E-state index < -0.39 is 0 Å². The first-order valence-electron chi connectivity index (χ1n) is 10.1. The predicted molar refractivity (Wildman–Crippen MR) is 111 cm³/mol. The second kappa shape index (κ2) is 10.5. The Morgan fingerprint density at radius 3 is 2.44 bits per heavy atom. The zero-order valence-corrected chi connectivity index (χ0v) is 16.7. The molecule has 3 rings (SSSR count). The van der Waals surface area contributed by atoms with Gasteiger partial charge in [0.2, 0.25) is 5.91 Å². The molecule has 2 aliphatic rings. The maximum Gasteiger partial charge on any atom is 0.234 e. The zero-order valence-electron chi connectivity index (χ0n) is 15.9. The molecule has 146 valence electrons. The van der Waals surface area contributed by atoms with Gasteiger partial charge in [0, 0.05) is 19.3 Å². The van der Waals surface area contributed by atoms with Crippen molar-refractivity contribution in [1.82, 2.24) is 9.03 Å². The molecule has 1 atom stereocenters. The second-order valence-corrected chi connectivity index (χ2v) is 8.08. The van der Waals surface area contributed by atoms with Crippen LogP contribution in [0.1, 0.15) is 70.6 Å². The summed E-state index contributed by atoms with van der Waals surface area (Å²) in [5, 5.41) is 0. The third-order valence-corrected chi connectivity index (χ3v) is 6.12. The smallest absolute Gasteiger partial charge is 0.234 e. The van der Waals surface area contributed by atoms with E-state index in [1.807, 2.05) is 30.3 Å². The third-order valence-electron chi connectivity index (χ3n) is 5.14. The number of hydrogen-bond donors (Lipinski definition) is 1. The highest BCUT2D eigenvalue weighted by Crippen LogP contribution is 2.26. The first kappa shape index (κ1) is 19.9. The maximum atomic E-state index is 12.8. The van der Waals surface area contributed by atoms with Crippen molar-refractivity contribution in [1.29, 1.82) is 0 Å². The van der Waals surface area contributed by atoms with Crippen LogP contribution in [0.2, 0.25) is 0 Å². The number of ketones is 1. The van der Waals surface area contributed by atoms with E-state index in [1.54, 1.807) is 4.31 Å². The Hall–Kier alpha value is -1.82.